The molecule has 2 aliphatic rings. The van der Waals surface area contributed by atoms with Crippen LogP contribution >= 0.6 is 22.6 Å². The van der Waals surface area contributed by atoms with Crippen molar-refractivity contribution in [1.82, 2.24) is 14.8 Å². The molecule has 0 N–H and O–H groups in total. The van der Waals surface area contributed by atoms with E-state index in [9.17, 15) is 4.79 Å². The zero-order chi connectivity index (χ0) is 11.4. The Kier molecular flexibility index (Phi) is 2.35. The molecule has 0 amide bonds. The van der Waals surface area contributed by atoms with Crippen LogP contribution in [0.2, 0.25) is 0 Å². The molecule has 2 aliphatic carbocycles. The Morgan fingerprint density at radius 1 is 1.38 bits per heavy atom. The molecule has 1 aromatic rings. The molecule has 1 heterocycles. The molecule has 16 heavy (non-hydrogen) atoms. The lowest BCUT2D eigenvalue weighted by molar-refractivity contribution is -0.118. The van der Waals surface area contributed by atoms with Crippen molar-refractivity contribution in [3.05, 3.63) is 9.66 Å². The molecule has 86 valence electrons. The van der Waals surface area contributed by atoms with E-state index in [-0.39, 0.29) is 0 Å². The summed E-state index contributed by atoms with van der Waals surface area (Å²) in [6, 6.07) is 0.350. The number of aromatic nitrogens is 3. The lowest BCUT2D eigenvalue weighted by atomic mass is 10.1. The zero-order valence-corrected chi connectivity index (χ0v) is 11.5. The average Bonchev–Trinajstić information content (AvgIpc) is 2.60. The minimum Gasteiger partial charge on any atom is -0.300 e. The zero-order valence-electron chi connectivity index (χ0n) is 9.35. The summed E-state index contributed by atoms with van der Waals surface area (Å²) in [6.07, 6.45) is 1.52. The van der Waals surface area contributed by atoms with Crippen LogP contribution in [0.4, 0.5) is 0 Å². The summed E-state index contributed by atoms with van der Waals surface area (Å²) in [6.45, 7) is 4.25. The van der Waals surface area contributed by atoms with Crippen LogP contribution in [0.3, 0.4) is 0 Å². The highest BCUT2D eigenvalue weighted by molar-refractivity contribution is 14.1. The van der Waals surface area contributed by atoms with Gasteiger partial charge in [0.1, 0.15) is 11.6 Å². The van der Waals surface area contributed by atoms with Crippen LogP contribution in [0.5, 0.6) is 0 Å². The molecule has 1 aromatic heterocycles. The summed E-state index contributed by atoms with van der Waals surface area (Å²) in [5.41, 5.74) is 0. The van der Waals surface area contributed by atoms with Gasteiger partial charge in [0, 0.05) is 47.4 Å². The molecule has 2 saturated carbocycles. The number of ketones is 1. The van der Waals surface area contributed by atoms with Gasteiger partial charge in [-0.1, -0.05) is 0 Å². The highest BCUT2D eigenvalue weighted by atomic mass is 127. The number of halogens is 1. The van der Waals surface area contributed by atoms with Gasteiger partial charge < -0.3 is 0 Å². The Labute approximate surface area is 108 Å². The number of Topliss-reactive ketones (excluding diaryl/α,β-unsaturated/α-hetero) is 1. The van der Waals surface area contributed by atoms with Crippen LogP contribution in [0.25, 0.3) is 0 Å². The number of hydrogen-bond acceptors (Lipinski definition) is 3. The molecule has 2 atom stereocenters. The summed E-state index contributed by atoms with van der Waals surface area (Å²) in [4.78, 5) is 15.8. The Morgan fingerprint density at radius 3 is 2.56 bits per heavy atom. The molecule has 2 unspecified atom stereocenters. The Bertz CT molecular complexity index is 440. The second kappa shape index (κ2) is 3.51. The molecular weight excluding hydrogens is 317 g/mol. The van der Waals surface area contributed by atoms with E-state index in [1.807, 2.05) is 4.68 Å². The number of hydrogen-bond donors (Lipinski definition) is 0. The van der Waals surface area contributed by atoms with Crippen LogP contribution < -0.4 is 0 Å². The van der Waals surface area contributed by atoms with Gasteiger partial charge in [0.2, 0.25) is 3.83 Å². The first-order valence-corrected chi connectivity index (χ1v) is 6.79. The summed E-state index contributed by atoms with van der Waals surface area (Å²) < 4.78 is 2.84. The lowest BCUT2D eigenvalue weighted by Gasteiger charge is -2.09. The smallest absolute Gasteiger partial charge is 0.211 e. The van der Waals surface area contributed by atoms with E-state index in [0.29, 0.717) is 29.6 Å². The molecule has 2 fully saturated rings. The first kappa shape index (κ1) is 10.7. The summed E-state index contributed by atoms with van der Waals surface area (Å²) >= 11 is 2.16. The van der Waals surface area contributed by atoms with Crippen molar-refractivity contribution < 1.29 is 4.79 Å². The van der Waals surface area contributed by atoms with Gasteiger partial charge in [-0.15, -0.1) is 5.10 Å². The fraction of sp³-hybridized carbons (Fsp3) is 0.727. The van der Waals surface area contributed by atoms with E-state index in [1.54, 1.807) is 0 Å². The summed E-state index contributed by atoms with van der Waals surface area (Å²) in [7, 11) is 0. The predicted octanol–water partition coefficient (Wildman–Crippen LogP) is 2.16. The summed E-state index contributed by atoms with van der Waals surface area (Å²) in [5.74, 6) is 3.14. The van der Waals surface area contributed by atoms with Gasteiger partial charge in [0.25, 0.3) is 0 Å². The molecule has 0 spiro atoms. The topological polar surface area (TPSA) is 47.8 Å². The van der Waals surface area contributed by atoms with Crippen LogP contribution in [0.15, 0.2) is 0 Å². The van der Waals surface area contributed by atoms with E-state index in [2.05, 4.69) is 46.5 Å². The first-order chi connectivity index (χ1) is 7.58. The van der Waals surface area contributed by atoms with Gasteiger partial charge in [0.05, 0.1) is 0 Å². The Balaban J connectivity index is 1.89. The maximum atomic E-state index is 11.2. The standard InChI is InChI=1S/C11H14IN3O/c1-5(2)15-10(13-11(12)14-15)9-7-3-6(16)4-8(7)9/h5,7-9H,3-4H2,1-2H3. The van der Waals surface area contributed by atoms with Crippen LogP contribution in [-0.4, -0.2) is 20.5 Å². The fourth-order valence-electron chi connectivity index (χ4n) is 2.91. The monoisotopic (exact) mass is 331 g/mol. The van der Waals surface area contributed by atoms with Gasteiger partial charge in [-0.2, -0.15) is 0 Å². The van der Waals surface area contributed by atoms with Gasteiger partial charge in [-0.25, -0.2) is 9.67 Å². The minimum atomic E-state index is 0.350. The number of rotatable bonds is 2. The third kappa shape index (κ3) is 1.51. The fourth-order valence-corrected chi connectivity index (χ4v) is 3.39. The highest BCUT2D eigenvalue weighted by Gasteiger charge is 2.58. The highest BCUT2D eigenvalue weighted by Crippen LogP contribution is 2.61. The normalized spacial score (nSPS) is 32.2. The Hall–Kier alpha value is -0.460. The third-order valence-corrected chi connectivity index (χ3v) is 4.13. The van der Waals surface area contributed by atoms with E-state index in [4.69, 9.17) is 0 Å². The molecule has 0 saturated heterocycles. The second-order valence-electron chi connectivity index (χ2n) is 5.08. The van der Waals surface area contributed by atoms with E-state index < -0.39 is 0 Å². The number of fused-ring (bicyclic) bond motifs is 1. The van der Waals surface area contributed by atoms with E-state index in [1.165, 1.54) is 0 Å². The van der Waals surface area contributed by atoms with Crippen molar-refractivity contribution in [3.63, 3.8) is 0 Å². The summed E-state index contributed by atoms with van der Waals surface area (Å²) in [5, 5.41) is 4.42. The number of nitrogens with zero attached hydrogens (tertiary/aromatic N) is 3. The average molecular weight is 331 g/mol. The van der Waals surface area contributed by atoms with Crippen molar-refractivity contribution in [1.29, 1.82) is 0 Å². The van der Waals surface area contributed by atoms with Gasteiger partial charge in [0.15, 0.2) is 0 Å². The molecule has 0 bridgehead atoms. The number of carbonyl (C=O) groups excluding carboxylic acids is 1. The van der Waals surface area contributed by atoms with Crippen molar-refractivity contribution in [2.24, 2.45) is 11.8 Å². The SMILES string of the molecule is CC(C)n1nc(I)nc1C1C2CC(=O)CC21. The molecular formula is C11H14IN3O. The molecule has 0 aliphatic heterocycles. The van der Waals surface area contributed by atoms with Crippen molar-refractivity contribution in [3.8, 4) is 0 Å². The maximum Gasteiger partial charge on any atom is 0.211 e. The molecule has 0 aromatic carbocycles. The van der Waals surface area contributed by atoms with Crippen LogP contribution in [0, 0.1) is 15.7 Å². The molecule has 4 nitrogen and oxygen atoms in total. The lowest BCUT2D eigenvalue weighted by Crippen LogP contribution is -2.10. The predicted molar refractivity (Wildman–Crippen MR) is 67.1 cm³/mol. The van der Waals surface area contributed by atoms with Crippen LogP contribution in [0.1, 0.15) is 44.5 Å². The van der Waals surface area contributed by atoms with E-state index >= 15 is 0 Å². The van der Waals surface area contributed by atoms with Gasteiger partial charge >= 0.3 is 0 Å². The molecule has 5 heteroatoms. The van der Waals surface area contributed by atoms with Crippen molar-refractivity contribution in [2.45, 2.75) is 38.6 Å². The molecule has 0 radical (unpaired) electrons. The Morgan fingerprint density at radius 2 is 2.00 bits per heavy atom. The molecule has 3 rings (SSSR count). The maximum absolute atomic E-state index is 11.2. The van der Waals surface area contributed by atoms with Crippen molar-refractivity contribution >= 4 is 28.4 Å². The first-order valence-electron chi connectivity index (χ1n) is 5.71. The van der Waals surface area contributed by atoms with Gasteiger partial charge in [-0.3, -0.25) is 4.79 Å². The van der Waals surface area contributed by atoms with Gasteiger partial charge in [-0.05, 0) is 25.7 Å². The minimum absolute atomic E-state index is 0.350. The quantitative estimate of drug-likeness (QED) is 0.781. The largest absolute Gasteiger partial charge is 0.300 e. The third-order valence-electron chi connectivity index (χ3n) is 3.68. The number of carbonyl (C=O) groups is 1. The van der Waals surface area contributed by atoms with Crippen molar-refractivity contribution in [2.75, 3.05) is 0 Å². The van der Waals surface area contributed by atoms with Crippen LogP contribution in [-0.2, 0) is 4.79 Å². The second-order valence-corrected chi connectivity index (χ2v) is 6.04. The van der Waals surface area contributed by atoms with E-state index in [0.717, 1.165) is 22.5 Å².